The van der Waals surface area contributed by atoms with E-state index in [-0.39, 0.29) is 42.9 Å². The summed E-state index contributed by atoms with van der Waals surface area (Å²) in [4.78, 5) is 23.8. The second kappa shape index (κ2) is 11.1. The van der Waals surface area contributed by atoms with Crippen LogP contribution in [0.1, 0.15) is 48.9 Å². The van der Waals surface area contributed by atoms with Gasteiger partial charge in [0.25, 0.3) is 5.91 Å². The van der Waals surface area contributed by atoms with Crippen molar-refractivity contribution < 1.29 is 18.4 Å². The Kier molecular flexibility index (Phi) is 9.51. The molecular formula is C18H26ClF2N3O2. The molecule has 0 spiro atoms. The van der Waals surface area contributed by atoms with Crippen LogP contribution in [0.4, 0.5) is 8.78 Å². The van der Waals surface area contributed by atoms with E-state index in [1.165, 1.54) is 0 Å². The smallest absolute Gasteiger partial charge is 0.254 e. The number of halogens is 3. The minimum Gasteiger partial charge on any atom is -0.353 e. The van der Waals surface area contributed by atoms with Crippen LogP contribution in [0.2, 0.25) is 0 Å². The van der Waals surface area contributed by atoms with Gasteiger partial charge in [-0.1, -0.05) is 12.8 Å². The summed E-state index contributed by atoms with van der Waals surface area (Å²) >= 11 is 0. The van der Waals surface area contributed by atoms with E-state index < -0.39 is 17.5 Å². The number of carbonyl (C=O) groups is 2. The molecule has 2 unspecified atom stereocenters. The molecule has 8 heteroatoms. The summed E-state index contributed by atoms with van der Waals surface area (Å²) in [5.74, 6) is -1.98. The van der Waals surface area contributed by atoms with Gasteiger partial charge in [0.1, 0.15) is 11.6 Å². The topological polar surface area (TPSA) is 84.2 Å². The Morgan fingerprint density at radius 3 is 2.62 bits per heavy atom. The molecular weight excluding hydrogens is 364 g/mol. The molecule has 0 radical (unpaired) electrons. The van der Waals surface area contributed by atoms with Gasteiger partial charge in [-0.3, -0.25) is 9.59 Å². The summed E-state index contributed by atoms with van der Waals surface area (Å²) in [6.07, 6.45) is 4.97. The summed E-state index contributed by atoms with van der Waals surface area (Å²) in [6, 6.07) is 2.93. The Morgan fingerprint density at radius 1 is 1.19 bits per heavy atom. The lowest BCUT2D eigenvalue weighted by Gasteiger charge is -2.31. The van der Waals surface area contributed by atoms with Gasteiger partial charge < -0.3 is 16.4 Å². The second-order valence-corrected chi connectivity index (χ2v) is 6.44. The van der Waals surface area contributed by atoms with Crippen molar-refractivity contribution in [2.75, 3.05) is 13.1 Å². The van der Waals surface area contributed by atoms with E-state index in [1.54, 1.807) is 0 Å². The highest BCUT2D eigenvalue weighted by molar-refractivity contribution is 5.94. The Labute approximate surface area is 158 Å². The van der Waals surface area contributed by atoms with Crippen molar-refractivity contribution in [1.29, 1.82) is 0 Å². The van der Waals surface area contributed by atoms with E-state index in [0.29, 0.717) is 24.9 Å². The molecule has 2 atom stereocenters. The third kappa shape index (κ3) is 6.53. The van der Waals surface area contributed by atoms with Crippen LogP contribution in [-0.2, 0) is 4.79 Å². The van der Waals surface area contributed by atoms with E-state index >= 15 is 0 Å². The molecule has 0 bridgehead atoms. The minimum absolute atomic E-state index is 0. The predicted octanol–water partition coefficient (Wildman–Crippen LogP) is 2.53. The average Bonchev–Trinajstić information content (AvgIpc) is 2.59. The number of hydrogen-bond acceptors (Lipinski definition) is 3. The Bertz CT molecular complexity index is 616. The van der Waals surface area contributed by atoms with Gasteiger partial charge in [-0.25, -0.2) is 8.78 Å². The van der Waals surface area contributed by atoms with Gasteiger partial charge in [-0.15, -0.1) is 12.4 Å². The number of carbonyl (C=O) groups excluding carboxylic acids is 2. The highest BCUT2D eigenvalue weighted by Gasteiger charge is 2.25. The van der Waals surface area contributed by atoms with Crippen LogP contribution >= 0.6 is 12.4 Å². The van der Waals surface area contributed by atoms with Crippen LogP contribution in [0.15, 0.2) is 18.2 Å². The summed E-state index contributed by atoms with van der Waals surface area (Å²) in [5.41, 5.74) is 5.54. The fourth-order valence-corrected chi connectivity index (χ4v) is 3.18. The van der Waals surface area contributed by atoms with Gasteiger partial charge in [0, 0.05) is 25.1 Å². The van der Waals surface area contributed by atoms with Crippen LogP contribution < -0.4 is 16.4 Å². The molecule has 1 aliphatic carbocycles. The lowest BCUT2D eigenvalue weighted by molar-refractivity contribution is -0.122. The van der Waals surface area contributed by atoms with Crippen molar-refractivity contribution in [3.05, 3.63) is 35.4 Å². The number of benzene rings is 1. The number of nitrogens with two attached hydrogens (primary N) is 1. The Balaban J connectivity index is 0.00000338. The largest absolute Gasteiger partial charge is 0.353 e. The van der Waals surface area contributed by atoms with Gasteiger partial charge in [0.2, 0.25) is 5.91 Å². The van der Waals surface area contributed by atoms with Gasteiger partial charge >= 0.3 is 0 Å². The van der Waals surface area contributed by atoms with Gasteiger partial charge in [0.05, 0.1) is 5.56 Å². The van der Waals surface area contributed by atoms with Crippen molar-refractivity contribution in [2.24, 2.45) is 11.7 Å². The van der Waals surface area contributed by atoms with Crippen molar-refractivity contribution in [3.8, 4) is 0 Å². The standard InChI is InChI=1S/C18H25F2N3O2.ClH/c19-13-7-8-14(15(20)10-13)18(25)22-9-3-6-17(24)23-16-5-2-1-4-12(16)11-21;/h7-8,10,12,16H,1-6,9,11,21H2,(H,22,25)(H,23,24);1H. The van der Waals surface area contributed by atoms with Crippen LogP contribution in [-0.4, -0.2) is 30.9 Å². The van der Waals surface area contributed by atoms with Crippen molar-refractivity contribution in [1.82, 2.24) is 10.6 Å². The van der Waals surface area contributed by atoms with Crippen LogP contribution in [0.5, 0.6) is 0 Å². The summed E-state index contributed by atoms with van der Waals surface area (Å²) in [5, 5.41) is 5.56. The molecule has 2 rings (SSSR count). The first kappa shape index (κ1) is 22.3. The van der Waals surface area contributed by atoms with E-state index in [9.17, 15) is 18.4 Å². The Morgan fingerprint density at radius 2 is 1.92 bits per heavy atom. The van der Waals surface area contributed by atoms with Gasteiger partial charge in [-0.2, -0.15) is 0 Å². The van der Waals surface area contributed by atoms with E-state index in [4.69, 9.17) is 5.73 Å². The molecule has 4 N–H and O–H groups in total. The zero-order valence-electron chi connectivity index (χ0n) is 14.6. The fourth-order valence-electron chi connectivity index (χ4n) is 3.18. The maximum Gasteiger partial charge on any atom is 0.254 e. The highest BCUT2D eigenvalue weighted by atomic mass is 35.5. The van der Waals surface area contributed by atoms with Crippen molar-refractivity contribution in [3.63, 3.8) is 0 Å². The molecule has 5 nitrogen and oxygen atoms in total. The predicted molar refractivity (Wildman–Crippen MR) is 98.1 cm³/mol. The van der Waals surface area contributed by atoms with E-state index in [1.807, 2.05) is 0 Å². The first-order valence-corrected chi connectivity index (χ1v) is 8.74. The molecule has 0 aliphatic heterocycles. The quantitative estimate of drug-likeness (QED) is 0.626. The molecule has 146 valence electrons. The molecule has 2 amide bonds. The second-order valence-electron chi connectivity index (χ2n) is 6.44. The summed E-state index contributed by atoms with van der Waals surface area (Å²) in [7, 11) is 0. The third-order valence-electron chi connectivity index (χ3n) is 4.60. The highest BCUT2D eigenvalue weighted by Crippen LogP contribution is 2.23. The van der Waals surface area contributed by atoms with Crippen LogP contribution in [0.25, 0.3) is 0 Å². The SMILES string of the molecule is Cl.NCC1CCCCC1NC(=O)CCCNC(=O)c1ccc(F)cc1F. The molecule has 0 saturated heterocycles. The lowest BCUT2D eigenvalue weighted by atomic mass is 9.84. The normalized spacial score (nSPS) is 19.3. The number of amides is 2. The molecule has 26 heavy (non-hydrogen) atoms. The number of nitrogens with one attached hydrogen (secondary N) is 2. The fraction of sp³-hybridized carbons (Fsp3) is 0.556. The number of rotatable bonds is 7. The zero-order chi connectivity index (χ0) is 18.2. The third-order valence-corrected chi connectivity index (χ3v) is 4.60. The molecule has 1 aromatic rings. The molecule has 1 aliphatic rings. The summed E-state index contributed by atoms with van der Waals surface area (Å²) < 4.78 is 26.3. The maximum atomic E-state index is 13.5. The Hall–Kier alpha value is -1.73. The monoisotopic (exact) mass is 389 g/mol. The zero-order valence-corrected chi connectivity index (χ0v) is 15.4. The number of hydrogen-bond donors (Lipinski definition) is 3. The maximum absolute atomic E-state index is 13.5. The van der Waals surface area contributed by atoms with Crippen LogP contribution in [0, 0.1) is 17.6 Å². The van der Waals surface area contributed by atoms with Crippen molar-refractivity contribution >= 4 is 24.2 Å². The first-order chi connectivity index (χ1) is 12.0. The minimum atomic E-state index is -0.902. The molecule has 1 saturated carbocycles. The first-order valence-electron chi connectivity index (χ1n) is 8.74. The van der Waals surface area contributed by atoms with E-state index in [2.05, 4.69) is 10.6 Å². The summed E-state index contributed by atoms with van der Waals surface area (Å²) in [6.45, 7) is 0.818. The van der Waals surface area contributed by atoms with Gasteiger partial charge in [-0.05, 0) is 43.9 Å². The molecule has 0 heterocycles. The molecule has 1 fully saturated rings. The van der Waals surface area contributed by atoms with Crippen molar-refractivity contribution in [2.45, 2.75) is 44.6 Å². The molecule has 0 aromatic heterocycles. The average molecular weight is 390 g/mol. The molecule has 1 aromatic carbocycles. The van der Waals surface area contributed by atoms with Crippen LogP contribution in [0.3, 0.4) is 0 Å². The van der Waals surface area contributed by atoms with Gasteiger partial charge in [0.15, 0.2) is 0 Å². The lowest BCUT2D eigenvalue weighted by Crippen LogP contribution is -2.44. The van der Waals surface area contributed by atoms with E-state index in [0.717, 1.165) is 37.8 Å².